The van der Waals surface area contributed by atoms with Crippen LogP contribution in [0.15, 0.2) is 24.3 Å². The van der Waals surface area contributed by atoms with Gasteiger partial charge in [0.05, 0.1) is 13.7 Å². The Kier molecular flexibility index (Phi) is 6.58. The second kappa shape index (κ2) is 7.98. The minimum Gasteiger partial charge on any atom is -0.493 e. The summed E-state index contributed by atoms with van der Waals surface area (Å²) in [7, 11) is 3.66. The van der Waals surface area contributed by atoms with Crippen molar-refractivity contribution in [2.75, 3.05) is 27.3 Å². The van der Waals surface area contributed by atoms with E-state index in [0.29, 0.717) is 11.8 Å². The van der Waals surface area contributed by atoms with Crippen molar-refractivity contribution in [3.63, 3.8) is 0 Å². The van der Waals surface area contributed by atoms with E-state index >= 15 is 0 Å². The van der Waals surface area contributed by atoms with E-state index in [9.17, 15) is 0 Å². The van der Waals surface area contributed by atoms with E-state index in [1.165, 1.54) is 0 Å². The average Bonchev–Trinajstić information content (AvgIpc) is 2.38. The molecule has 1 aromatic carbocycles. The summed E-state index contributed by atoms with van der Waals surface area (Å²) in [4.78, 5) is 0. The monoisotopic (exact) mass is 251 g/mol. The number of ether oxygens (including phenoxy) is 2. The molecule has 0 amide bonds. The molecule has 1 rings (SSSR count). The van der Waals surface area contributed by atoms with Gasteiger partial charge in [-0.2, -0.15) is 0 Å². The van der Waals surface area contributed by atoms with E-state index < -0.39 is 0 Å². The molecular formula is C15H25NO2. The van der Waals surface area contributed by atoms with Crippen LogP contribution in [0.25, 0.3) is 0 Å². The van der Waals surface area contributed by atoms with E-state index in [-0.39, 0.29) is 0 Å². The first-order valence-corrected chi connectivity index (χ1v) is 6.59. The zero-order chi connectivity index (χ0) is 13.4. The lowest BCUT2D eigenvalue weighted by Gasteiger charge is -2.20. The molecule has 0 heterocycles. The maximum absolute atomic E-state index is 5.80. The highest BCUT2D eigenvalue weighted by Gasteiger charge is 2.13. The molecule has 3 heteroatoms. The average molecular weight is 251 g/mol. The molecular weight excluding hydrogens is 226 g/mol. The van der Waals surface area contributed by atoms with E-state index in [4.69, 9.17) is 9.47 Å². The molecule has 18 heavy (non-hydrogen) atoms. The van der Waals surface area contributed by atoms with Gasteiger partial charge in [-0.3, -0.25) is 0 Å². The second-order valence-corrected chi connectivity index (χ2v) is 4.85. The summed E-state index contributed by atoms with van der Waals surface area (Å²) in [6, 6.07) is 7.78. The third kappa shape index (κ3) is 4.57. The number of methoxy groups -OCH3 is 1. The first-order chi connectivity index (χ1) is 8.69. The first kappa shape index (κ1) is 14.8. The molecule has 0 spiro atoms. The number of benzene rings is 1. The van der Waals surface area contributed by atoms with Crippen LogP contribution >= 0.6 is 0 Å². The number of rotatable bonds is 8. The highest BCUT2D eigenvalue weighted by molar-refractivity contribution is 5.39. The van der Waals surface area contributed by atoms with Crippen molar-refractivity contribution in [2.45, 2.75) is 20.3 Å². The number of hydrogen-bond donors (Lipinski definition) is 1. The van der Waals surface area contributed by atoms with Gasteiger partial charge in [0.15, 0.2) is 11.5 Å². The zero-order valence-corrected chi connectivity index (χ0v) is 11.9. The van der Waals surface area contributed by atoms with Gasteiger partial charge >= 0.3 is 0 Å². The van der Waals surface area contributed by atoms with Gasteiger partial charge in [0.1, 0.15) is 0 Å². The minimum atomic E-state index is 0.643. The zero-order valence-electron chi connectivity index (χ0n) is 11.9. The van der Waals surface area contributed by atoms with Crippen LogP contribution < -0.4 is 14.8 Å². The summed E-state index contributed by atoms with van der Waals surface area (Å²) in [5.74, 6) is 2.93. The topological polar surface area (TPSA) is 30.5 Å². The van der Waals surface area contributed by atoms with Gasteiger partial charge in [0.25, 0.3) is 0 Å². The second-order valence-electron chi connectivity index (χ2n) is 4.85. The van der Waals surface area contributed by atoms with Crippen LogP contribution in [0.3, 0.4) is 0 Å². The molecule has 0 aromatic heterocycles. The summed E-state index contributed by atoms with van der Waals surface area (Å²) >= 11 is 0. The summed E-state index contributed by atoms with van der Waals surface area (Å²) < 4.78 is 11.1. The Morgan fingerprint density at radius 2 is 1.83 bits per heavy atom. The van der Waals surface area contributed by atoms with Gasteiger partial charge in [0, 0.05) is 0 Å². The molecule has 1 atom stereocenters. The van der Waals surface area contributed by atoms with E-state index in [0.717, 1.165) is 31.1 Å². The standard InChI is InChI=1S/C15H25NO2/c1-12(2)13(11-16-3)9-10-18-15-8-6-5-7-14(15)17-4/h5-8,12-13,16H,9-11H2,1-4H3. The normalized spacial score (nSPS) is 12.5. The molecule has 3 nitrogen and oxygen atoms in total. The number of hydrogen-bond acceptors (Lipinski definition) is 3. The molecule has 0 bridgehead atoms. The van der Waals surface area contributed by atoms with Crippen molar-refractivity contribution < 1.29 is 9.47 Å². The quantitative estimate of drug-likeness (QED) is 0.770. The molecule has 0 aliphatic carbocycles. The lowest BCUT2D eigenvalue weighted by atomic mass is 9.93. The maximum atomic E-state index is 5.80. The lowest BCUT2D eigenvalue weighted by molar-refractivity contribution is 0.238. The highest BCUT2D eigenvalue weighted by atomic mass is 16.5. The van der Waals surface area contributed by atoms with Gasteiger partial charge in [0.2, 0.25) is 0 Å². The Hall–Kier alpha value is -1.22. The van der Waals surface area contributed by atoms with E-state index in [2.05, 4.69) is 19.2 Å². The Labute approximate surface area is 110 Å². The molecule has 1 unspecified atom stereocenters. The predicted octanol–water partition coefficient (Wildman–Crippen LogP) is 2.96. The fraction of sp³-hybridized carbons (Fsp3) is 0.600. The molecule has 0 saturated carbocycles. The highest BCUT2D eigenvalue weighted by Crippen LogP contribution is 2.26. The van der Waals surface area contributed by atoms with Gasteiger partial charge in [-0.05, 0) is 44.0 Å². The minimum absolute atomic E-state index is 0.643. The van der Waals surface area contributed by atoms with Gasteiger partial charge in [-0.15, -0.1) is 0 Å². The van der Waals surface area contributed by atoms with Crippen LogP contribution in [0.1, 0.15) is 20.3 Å². The molecule has 0 aliphatic rings. The fourth-order valence-electron chi connectivity index (χ4n) is 1.99. The van der Waals surface area contributed by atoms with Gasteiger partial charge in [-0.1, -0.05) is 26.0 Å². The van der Waals surface area contributed by atoms with Crippen molar-refractivity contribution >= 4 is 0 Å². The number of nitrogens with one attached hydrogen (secondary N) is 1. The van der Waals surface area contributed by atoms with Crippen LogP contribution in [0.5, 0.6) is 11.5 Å². The van der Waals surface area contributed by atoms with E-state index in [1.807, 2.05) is 31.3 Å². The summed E-state index contributed by atoms with van der Waals surface area (Å²) in [5, 5.41) is 3.24. The summed E-state index contributed by atoms with van der Waals surface area (Å²) in [5.41, 5.74) is 0. The summed E-state index contributed by atoms with van der Waals surface area (Å²) in [6.45, 7) is 6.27. The van der Waals surface area contributed by atoms with Gasteiger partial charge < -0.3 is 14.8 Å². The maximum Gasteiger partial charge on any atom is 0.161 e. The van der Waals surface area contributed by atoms with Crippen LogP contribution in [0, 0.1) is 11.8 Å². The van der Waals surface area contributed by atoms with Crippen molar-refractivity contribution in [3.8, 4) is 11.5 Å². The smallest absolute Gasteiger partial charge is 0.161 e. The van der Waals surface area contributed by atoms with Crippen molar-refractivity contribution in [3.05, 3.63) is 24.3 Å². The lowest BCUT2D eigenvalue weighted by Crippen LogP contribution is -2.25. The molecule has 0 saturated heterocycles. The van der Waals surface area contributed by atoms with Crippen LogP contribution in [0.2, 0.25) is 0 Å². The van der Waals surface area contributed by atoms with Crippen molar-refractivity contribution in [1.29, 1.82) is 0 Å². The Bertz CT molecular complexity index is 339. The summed E-state index contributed by atoms with van der Waals surface area (Å²) in [6.07, 6.45) is 1.05. The van der Waals surface area contributed by atoms with Crippen molar-refractivity contribution in [1.82, 2.24) is 5.32 Å². The Morgan fingerprint density at radius 1 is 1.17 bits per heavy atom. The largest absolute Gasteiger partial charge is 0.493 e. The van der Waals surface area contributed by atoms with E-state index in [1.54, 1.807) is 7.11 Å². The molecule has 0 fully saturated rings. The predicted molar refractivity (Wildman–Crippen MR) is 75.4 cm³/mol. The molecule has 0 aliphatic heterocycles. The molecule has 1 aromatic rings. The third-order valence-electron chi connectivity index (χ3n) is 3.22. The van der Waals surface area contributed by atoms with Crippen molar-refractivity contribution in [2.24, 2.45) is 11.8 Å². The SMILES string of the molecule is CNCC(CCOc1ccccc1OC)C(C)C. The third-order valence-corrected chi connectivity index (χ3v) is 3.22. The van der Waals surface area contributed by atoms with Crippen LogP contribution in [-0.2, 0) is 0 Å². The van der Waals surface area contributed by atoms with Crippen LogP contribution in [-0.4, -0.2) is 27.3 Å². The Morgan fingerprint density at radius 3 is 2.39 bits per heavy atom. The Balaban J connectivity index is 2.44. The number of para-hydroxylation sites is 2. The molecule has 102 valence electrons. The van der Waals surface area contributed by atoms with Crippen LogP contribution in [0.4, 0.5) is 0 Å². The molecule has 1 N–H and O–H groups in total. The first-order valence-electron chi connectivity index (χ1n) is 6.59. The molecule has 0 radical (unpaired) electrons. The van der Waals surface area contributed by atoms with Gasteiger partial charge in [-0.25, -0.2) is 0 Å². The fourth-order valence-corrected chi connectivity index (χ4v) is 1.99.